The normalized spacial score (nSPS) is 16.2. The first-order chi connectivity index (χ1) is 14.3. The van der Waals surface area contributed by atoms with Crippen LogP contribution in [0.5, 0.6) is 0 Å². The molecule has 2 aromatic heterocycles. The highest BCUT2D eigenvalue weighted by molar-refractivity contribution is 6.25. The molecular formula is C19H14F6N2O4. The van der Waals surface area contributed by atoms with Gasteiger partial charge < -0.3 is 0 Å². The van der Waals surface area contributed by atoms with Gasteiger partial charge >= 0.3 is 12.4 Å². The molecule has 0 saturated heterocycles. The summed E-state index contributed by atoms with van der Waals surface area (Å²) in [5, 5.41) is -0.214. The quantitative estimate of drug-likeness (QED) is 0.406. The zero-order valence-corrected chi connectivity index (χ0v) is 15.6. The summed E-state index contributed by atoms with van der Waals surface area (Å²) in [7, 11) is 0. The van der Waals surface area contributed by atoms with Gasteiger partial charge in [-0.05, 0) is 18.6 Å². The molecule has 1 fully saturated rings. The van der Waals surface area contributed by atoms with E-state index in [0.717, 1.165) is 12.1 Å². The molecule has 0 aliphatic heterocycles. The lowest BCUT2D eigenvalue weighted by atomic mass is 9.81. The second-order valence-corrected chi connectivity index (χ2v) is 7.07. The number of Topliss-reactive ketones (excluding diaryl/α,β-unsaturated/α-hetero) is 3. The molecule has 2 aromatic rings. The minimum atomic E-state index is -5.24. The van der Waals surface area contributed by atoms with E-state index in [1.807, 2.05) is 0 Å². The van der Waals surface area contributed by atoms with Crippen LogP contribution in [0, 0.1) is 5.92 Å². The smallest absolute Gasteiger partial charge is 0.298 e. The summed E-state index contributed by atoms with van der Waals surface area (Å²) in [6, 6.07) is 2.54. The van der Waals surface area contributed by atoms with Gasteiger partial charge in [-0.25, -0.2) is 4.98 Å². The topological polar surface area (TPSA) is 86.1 Å². The fourth-order valence-corrected chi connectivity index (χ4v) is 3.42. The summed E-state index contributed by atoms with van der Waals surface area (Å²) in [4.78, 5) is 52.1. The number of alkyl halides is 6. The standard InChI is InChI=1S/C19H14F6N2O4/c20-18(21,22)6-7-27-13(30)5-4-9-8-10(16(19(23,24)25)26-17(9)27)15(31)14-11(28)2-1-3-12(14)29/h4-5,8,14H,1-3,6-7H2. The number of pyridine rings is 2. The molecule has 6 nitrogen and oxygen atoms in total. The van der Waals surface area contributed by atoms with Crippen molar-refractivity contribution >= 4 is 28.4 Å². The lowest BCUT2D eigenvalue weighted by Gasteiger charge is -2.21. The number of aromatic nitrogens is 2. The molecule has 0 atom stereocenters. The highest BCUT2D eigenvalue weighted by atomic mass is 19.4. The van der Waals surface area contributed by atoms with Crippen molar-refractivity contribution < 1.29 is 40.7 Å². The molecule has 0 bridgehead atoms. The van der Waals surface area contributed by atoms with Gasteiger partial charge in [0.2, 0.25) is 0 Å². The third kappa shape index (κ3) is 4.67. The largest absolute Gasteiger partial charge is 0.434 e. The van der Waals surface area contributed by atoms with Crippen molar-refractivity contribution in [3.05, 3.63) is 39.8 Å². The molecule has 31 heavy (non-hydrogen) atoms. The van der Waals surface area contributed by atoms with Gasteiger partial charge in [0.25, 0.3) is 5.56 Å². The van der Waals surface area contributed by atoms with Gasteiger partial charge in [-0.1, -0.05) is 0 Å². The second kappa shape index (κ2) is 7.89. The molecule has 0 aromatic carbocycles. The number of aryl methyl sites for hydroxylation is 1. The first kappa shape index (κ1) is 22.6. The van der Waals surface area contributed by atoms with Crippen LogP contribution in [0.1, 0.15) is 41.7 Å². The predicted octanol–water partition coefficient (Wildman–Crippen LogP) is 3.49. The van der Waals surface area contributed by atoms with Gasteiger partial charge in [0.05, 0.1) is 12.0 Å². The Bertz CT molecular complexity index is 1120. The number of rotatable bonds is 4. The molecule has 0 spiro atoms. The van der Waals surface area contributed by atoms with E-state index in [9.17, 15) is 45.5 Å². The lowest BCUT2D eigenvalue weighted by Crippen LogP contribution is -2.36. The number of halogens is 6. The van der Waals surface area contributed by atoms with Crippen molar-refractivity contribution in [2.45, 2.75) is 44.6 Å². The van der Waals surface area contributed by atoms with Gasteiger partial charge in [0.15, 0.2) is 23.0 Å². The maximum Gasteiger partial charge on any atom is 0.434 e. The van der Waals surface area contributed by atoms with Crippen LogP contribution in [0.2, 0.25) is 0 Å². The van der Waals surface area contributed by atoms with E-state index >= 15 is 0 Å². The van der Waals surface area contributed by atoms with Gasteiger partial charge in [-0.2, -0.15) is 26.3 Å². The van der Waals surface area contributed by atoms with Crippen LogP contribution in [0.25, 0.3) is 11.0 Å². The van der Waals surface area contributed by atoms with E-state index in [0.29, 0.717) is 10.6 Å². The minimum Gasteiger partial charge on any atom is -0.298 e. The number of nitrogens with zero attached hydrogens (tertiary/aromatic N) is 2. The third-order valence-electron chi connectivity index (χ3n) is 4.86. The Morgan fingerprint density at radius 3 is 2.19 bits per heavy atom. The molecule has 1 aliphatic rings. The van der Waals surface area contributed by atoms with E-state index < -0.39 is 71.0 Å². The molecule has 0 N–H and O–H groups in total. The molecule has 166 valence electrons. The summed E-state index contributed by atoms with van der Waals surface area (Å²) in [5.74, 6) is -4.86. The predicted molar refractivity (Wildman–Crippen MR) is 93.4 cm³/mol. The Balaban J connectivity index is 2.20. The van der Waals surface area contributed by atoms with Crippen LogP contribution < -0.4 is 5.56 Å². The van der Waals surface area contributed by atoms with Crippen LogP contribution in [0.4, 0.5) is 26.3 Å². The summed E-state index contributed by atoms with van der Waals surface area (Å²) in [5.41, 5.74) is -4.52. The Hall–Kier alpha value is -3.05. The number of carbonyl (C=O) groups is 3. The van der Waals surface area contributed by atoms with E-state index in [1.54, 1.807) is 0 Å². The van der Waals surface area contributed by atoms with Crippen molar-refractivity contribution in [3.8, 4) is 0 Å². The van der Waals surface area contributed by atoms with Gasteiger partial charge in [0, 0.05) is 30.8 Å². The summed E-state index contributed by atoms with van der Waals surface area (Å²) in [6.45, 7) is -0.975. The van der Waals surface area contributed by atoms with Crippen molar-refractivity contribution in [2.24, 2.45) is 5.92 Å². The monoisotopic (exact) mass is 448 g/mol. The summed E-state index contributed by atoms with van der Waals surface area (Å²) in [6.07, 6.45) is -11.5. The molecule has 12 heteroatoms. The summed E-state index contributed by atoms with van der Waals surface area (Å²) < 4.78 is 79.1. The van der Waals surface area contributed by atoms with Gasteiger partial charge in [-0.3, -0.25) is 23.7 Å². The van der Waals surface area contributed by atoms with Crippen molar-refractivity contribution in [1.82, 2.24) is 9.55 Å². The van der Waals surface area contributed by atoms with E-state index in [-0.39, 0.29) is 24.6 Å². The highest BCUT2D eigenvalue weighted by Gasteiger charge is 2.43. The van der Waals surface area contributed by atoms with E-state index in [2.05, 4.69) is 4.98 Å². The molecule has 0 amide bonds. The zero-order chi connectivity index (χ0) is 23.1. The maximum absolute atomic E-state index is 13.7. The molecule has 0 radical (unpaired) electrons. The Kier molecular flexibility index (Phi) is 5.76. The van der Waals surface area contributed by atoms with Crippen molar-refractivity contribution in [2.75, 3.05) is 0 Å². The number of carbonyl (C=O) groups excluding carboxylic acids is 3. The SMILES string of the molecule is O=C1CCCC(=O)C1C(=O)c1cc2ccc(=O)n(CCC(F)(F)F)c2nc1C(F)(F)F. The van der Waals surface area contributed by atoms with Crippen LogP contribution in [-0.2, 0) is 22.3 Å². The summed E-state index contributed by atoms with van der Waals surface area (Å²) >= 11 is 0. The molecule has 0 unspecified atom stereocenters. The first-order valence-corrected chi connectivity index (χ1v) is 9.08. The van der Waals surface area contributed by atoms with Crippen LogP contribution >= 0.6 is 0 Å². The second-order valence-electron chi connectivity index (χ2n) is 7.07. The first-order valence-electron chi connectivity index (χ1n) is 9.08. The Morgan fingerprint density at radius 2 is 1.65 bits per heavy atom. The number of hydrogen-bond acceptors (Lipinski definition) is 5. The number of fused-ring (bicyclic) bond motifs is 1. The van der Waals surface area contributed by atoms with Crippen LogP contribution in [0.15, 0.2) is 23.0 Å². The molecule has 1 saturated carbocycles. The Morgan fingerprint density at radius 1 is 1.03 bits per heavy atom. The fourth-order valence-electron chi connectivity index (χ4n) is 3.42. The zero-order valence-electron chi connectivity index (χ0n) is 15.6. The number of ketones is 3. The third-order valence-corrected chi connectivity index (χ3v) is 4.86. The minimum absolute atomic E-state index is 0.137. The van der Waals surface area contributed by atoms with Crippen molar-refractivity contribution in [3.63, 3.8) is 0 Å². The molecule has 2 heterocycles. The van der Waals surface area contributed by atoms with Gasteiger partial charge in [-0.15, -0.1) is 0 Å². The molecular weight excluding hydrogens is 434 g/mol. The van der Waals surface area contributed by atoms with E-state index in [1.165, 1.54) is 0 Å². The molecule has 3 rings (SSSR count). The van der Waals surface area contributed by atoms with Crippen molar-refractivity contribution in [1.29, 1.82) is 0 Å². The van der Waals surface area contributed by atoms with E-state index in [4.69, 9.17) is 0 Å². The number of hydrogen-bond donors (Lipinski definition) is 0. The fraction of sp³-hybridized carbons (Fsp3) is 0.421. The average molecular weight is 448 g/mol. The Labute approximate surface area is 169 Å². The molecule has 1 aliphatic carbocycles. The van der Waals surface area contributed by atoms with Crippen LogP contribution in [0.3, 0.4) is 0 Å². The average Bonchev–Trinajstić information content (AvgIpc) is 2.64. The lowest BCUT2D eigenvalue weighted by molar-refractivity contribution is -0.142. The van der Waals surface area contributed by atoms with Gasteiger partial charge in [0.1, 0.15) is 11.6 Å². The highest BCUT2D eigenvalue weighted by Crippen LogP contribution is 2.34. The van der Waals surface area contributed by atoms with Crippen LogP contribution in [-0.4, -0.2) is 33.1 Å². The maximum atomic E-state index is 13.7.